The monoisotopic (exact) mass is 858 g/mol. The van der Waals surface area contributed by atoms with E-state index < -0.39 is 48.0 Å². The van der Waals surface area contributed by atoms with Crippen LogP contribution in [0.4, 0.5) is 0 Å². The Balaban J connectivity index is 1.97. The second-order valence-corrected chi connectivity index (χ2v) is 16.0. The lowest BCUT2D eigenvalue weighted by Crippen LogP contribution is -2.46. The molecule has 5 heterocycles. The zero-order valence-corrected chi connectivity index (χ0v) is 36.3. The van der Waals surface area contributed by atoms with Crippen LogP contribution in [-0.2, 0) is 45.1 Å². The van der Waals surface area contributed by atoms with Crippen LogP contribution in [0.15, 0.2) is 0 Å². The Morgan fingerprint density at radius 3 is 1.55 bits per heavy atom. The highest BCUT2D eigenvalue weighted by atomic mass is 16.4. The highest BCUT2D eigenvalue weighted by molar-refractivity contribution is 5.82. The fourth-order valence-corrected chi connectivity index (χ4v) is 8.45. The van der Waals surface area contributed by atoms with E-state index in [2.05, 4.69) is 20.6 Å². The van der Waals surface area contributed by atoms with E-state index >= 15 is 0 Å². The molecule has 18 nitrogen and oxygen atoms in total. The molecule has 16 N–H and O–H groups in total. The quantitative estimate of drug-likeness (QED) is 0.0445. The number of nitrogens with zero attached hydrogens (tertiary/aromatic N) is 2. The summed E-state index contributed by atoms with van der Waals surface area (Å²) in [5.74, 6) is -2.81. The van der Waals surface area contributed by atoms with Crippen LogP contribution in [0.3, 0.4) is 0 Å². The van der Waals surface area contributed by atoms with Gasteiger partial charge in [-0.15, -0.1) is 0 Å². The molecule has 4 atom stereocenters. The number of nitrogens with one attached hydrogen (secondary N) is 4. The van der Waals surface area contributed by atoms with Crippen molar-refractivity contribution in [3.8, 4) is 0 Å². The van der Waals surface area contributed by atoms with Gasteiger partial charge in [0.2, 0.25) is 11.8 Å². The second kappa shape index (κ2) is 20.0. The minimum Gasteiger partial charge on any atom is -0.481 e. The molecule has 2 amide bonds. The Morgan fingerprint density at radius 1 is 0.597 bits per heavy atom. The molecule has 4 unspecified atom stereocenters. The molecular weight excluding hydrogens is 797 g/mol. The minimum atomic E-state index is -0.989. The summed E-state index contributed by atoms with van der Waals surface area (Å²) in [5, 5.41) is 50.6. The molecule has 4 aromatic rings. The van der Waals surface area contributed by atoms with Crippen molar-refractivity contribution in [1.82, 2.24) is 29.7 Å². The van der Waals surface area contributed by atoms with Crippen molar-refractivity contribution < 1.29 is 39.6 Å². The Kier molecular flexibility index (Phi) is 15.2. The predicted octanol–water partition coefficient (Wildman–Crippen LogP) is -2.25. The number of aliphatic hydroxyl groups is 2. The number of hydrogen-bond acceptors (Lipinski definition) is 10. The molecule has 0 aromatic carbocycles. The van der Waals surface area contributed by atoms with Crippen molar-refractivity contribution in [2.24, 2.45) is 22.9 Å². The van der Waals surface area contributed by atoms with E-state index in [-0.39, 0.29) is 65.0 Å². The van der Waals surface area contributed by atoms with Gasteiger partial charge in [-0.3, -0.25) is 19.2 Å². The van der Waals surface area contributed by atoms with Gasteiger partial charge in [-0.2, -0.15) is 0 Å². The summed E-state index contributed by atoms with van der Waals surface area (Å²) in [6.45, 7) is 11.6. The van der Waals surface area contributed by atoms with E-state index in [0.29, 0.717) is 55.3 Å². The first kappa shape index (κ1) is 47.3. The predicted molar refractivity (Wildman–Crippen MR) is 235 cm³/mol. The van der Waals surface area contributed by atoms with Gasteiger partial charge in [0.1, 0.15) is 0 Å². The molecule has 62 heavy (non-hydrogen) atoms. The molecule has 1 aliphatic heterocycles. The SMILES string of the molecule is Cc1c(CCC(=O)O)c2n(CCNC(=O)C(N)CN)c1C=c1[nH]c(c(C)c1C(C)O)=Cc1c(C(C)O)c(C)c(n1CCNC(=O)C(N)CN)C=c1[nH]c(c(CCC(=O)O)c1C)=C2. The number of H-pyrrole nitrogens is 2. The van der Waals surface area contributed by atoms with Gasteiger partial charge in [-0.05, 0) is 112 Å². The molecule has 0 aliphatic carbocycles. The third-order valence-corrected chi connectivity index (χ3v) is 11.8. The zero-order chi connectivity index (χ0) is 45.7. The van der Waals surface area contributed by atoms with Gasteiger partial charge in [-0.1, -0.05) is 0 Å². The van der Waals surface area contributed by atoms with Gasteiger partial charge in [-0.25, -0.2) is 0 Å². The highest BCUT2D eigenvalue weighted by Gasteiger charge is 2.25. The summed E-state index contributed by atoms with van der Waals surface area (Å²) in [6, 6.07) is -1.80. The van der Waals surface area contributed by atoms with Gasteiger partial charge in [0.15, 0.2) is 0 Å². The third-order valence-electron chi connectivity index (χ3n) is 11.8. The molecule has 0 radical (unpaired) electrons. The number of carbonyl (C=O) groups is 4. The average Bonchev–Trinajstić information content (AvgIpc) is 3.85. The third kappa shape index (κ3) is 9.96. The molecule has 0 spiro atoms. The second-order valence-electron chi connectivity index (χ2n) is 16.0. The van der Waals surface area contributed by atoms with E-state index in [9.17, 15) is 39.6 Å². The molecule has 1 aliphatic rings. The smallest absolute Gasteiger partial charge is 0.303 e. The molecule has 336 valence electrons. The topological polar surface area (TPSA) is 319 Å². The average molecular weight is 859 g/mol. The number of carboxylic acids is 2. The number of aliphatic carboxylic acids is 2. The van der Waals surface area contributed by atoms with Crippen molar-refractivity contribution in [3.63, 3.8) is 0 Å². The van der Waals surface area contributed by atoms with Crippen molar-refractivity contribution in [2.75, 3.05) is 26.2 Å². The minimum absolute atomic E-state index is 0.0301. The van der Waals surface area contributed by atoms with Crippen LogP contribution in [0, 0.1) is 27.7 Å². The number of fused-ring (bicyclic) bond motifs is 8. The first-order chi connectivity index (χ1) is 29.3. The van der Waals surface area contributed by atoms with Crippen molar-refractivity contribution in [1.29, 1.82) is 0 Å². The number of hydrogen-bond donors (Lipinski definition) is 12. The van der Waals surface area contributed by atoms with Crippen LogP contribution in [0.1, 0.15) is 106 Å². The van der Waals surface area contributed by atoms with Crippen LogP contribution in [0.5, 0.6) is 0 Å². The fraction of sp³-hybridized carbons (Fsp3) is 0.455. The summed E-state index contributed by atoms with van der Waals surface area (Å²) in [7, 11) is 0. The molecular formula is C44H62N10O8. The van der Waals surface area contributed by atoms with Crippen LogP contribution in [0.25, 0.3) is 24.3 Å². The highest BCUT2D eigenvalue weighted by Crippen LogP contribution is 2.31. The van der Waals surface area contributed by atoms with Gasteiger partial charge >= 0.3 is 11.9 Å². The molecule has 8 bridgehead atoms. The summed E-state index contributed by atoms with van der Waals surface area (Å²) in [5.41, 5.74) is 31.6. The van der Waals surface area contributed by atoms with Crippen molar-refractivity contribution in [3.05, 3.63) is 88.7 Å². The first-order valence-corrected chi connectivity index (χ1v) is 20.8. The summed E-state index contributed by atoms with van der Waals surface area (Å²) >= 11 is 0. The van der Waals surface area contributed by atoms with E-state index in [1.165, 1.54) is 0 Å². The van der Waals surface area contributed by atoms with Gasteiger partial charge in [0.25, 0.3) is 0 Å². The van der Waals surface area contributed by atoms with Crippen LogP contribution >= 0.6 is 0 Å². The molecule has 4 aromatic heterocycles. The van der Waals surface area contributed by atoms with E-state index in [0.717, 1.165) is 33.4 Å². The summed E-state index contributed by atoms with van der Waals surface area (Å²) in [6.07, 6.45) is 5.76. The number of nitrogens with two attached hydrogens (primary N) is 4. The number of carboxylic acid groups (broad SMARTS) is 2. The number of aromatic nitrogens is 4. The van der Waals surface area contributed by atoms with Crippen LogP contribution in [0.2, 0.25) is 0 Å². The lowest BCUT2D eigenvalue weighted by Gasteiger charge is -2.14. The van der Waals surface area contributed by atoms with Gasteiger partial charge in [0.05, 0.1) is 24.3 Å². The van der Waals surface area contributed by atoms with Gasteiger partial charge < -0.3 is 73.1 Å². The van der Waals surface area contributed by atoms with Crippen LogP contribution in [-0.4, -0.2) is 102 Å². The van der Waals surface area contributed by atoms with E-state index in [1.54, 1.807) is 13.8 Å². The first-order valence-electron chi connectivity index (χ1n) is 20.8. The number of carbonyl (C=O) groups excluding carboxylic acids is 2. The largest absolute Gasteiger partial charge is 0.481 e. The Morgan fingerprint density at radius 2 is 1.03 bits per heavy atom. The number of amides is 2. The lowest BCUT2D eigenvalue weighted by atomic mass is 10.0. The fourth-order valence-electron chi connectivity index (χ4n) is 8.45. The maximum absolute atomic E-state index is 12.8. The van der Waals surface area contributed by atoms with Crippen molar-refractivity contribution in [2.45, 2.75) is 105 Å². The van der Waals surface area contributed by atoms with E-state index in [4.69, 9.17) is 22.9 Å². The zero-order valence-electron chi connectivity index (χ0n) is 36.3. The maximum atomic E-state index is 12.8. The maximum Gasteiger partial charge on any atom is 0.303 e. The van der Waals surface area contributed by atoms with E-state index in [1.807, 2.05) is 61.1 Å². The molecule has 0 saturated heterocycles. The number of rotatable bonds is 18. The van der Waals surface area contributed by atoms with Crippen molar-refractivity contribution >= 4 is 48.1 Å². The normalized spacial score (nSPS) is 14.1. The summed E-state index contributed by atoms with van der Waals surface area (Å²) < 4.78 is 3.98. The van der Waals surface area contributed by atoms with Gasteiger partial charge in [0, 0.05) is 107 Å². The molecule has 0 saturated carbocycles. The Hall–Kier alpha value is -5.76. The molecule has 18 heteroatoms. The lowest BCUT2D eigenvalue weighted by molar-refractivity contribution is -0.138. The molecule has 5 rings (SSSR count). The number of aromatic amines is 2. The number of aliphatic hydroxyl groups excluding tert-OH is 2. The Labute approximate surface area is 359 Å². The Bertz CT molecular complexity index is 2610. The molecule has 0 fully saturated rings. The van der Waals surface area contributed by atoms with Crippen LogP contribution < -0.4 is 55.0 Å². The summed E-state index contributed by atoms with van der Waals surface area (Å²) in [4.78, 5) is 56.7. The standard InChI is InChI=1S/C44H62N10O8/c1-21-27(7-9-39(57)58)33-17-37-28(8-10-40(59)60)22(2)35(53(37)13-11-49-43(61)29(47)19-45)18-34-41(25(5)55)23(3)32(52-34)16-38-42(26(6)56)24(4)36(15-31(21)51-33)54(38)14-12-50-44(62)30(48)20-46/h15-18,25-26,29-30,51-52,55-56H,7-14,19-20,45-48H2,1-6H3,(H,49,61)(H,50,62)(H,57,58)(H,59,60).